The number of carbonyl (C=O) groups excluding carboxylic acids is 1. The van der Waals surface area contributed by atoms with E-state index < -0.39 is 0 Å². The van der Waals surface area contributed by atoms with Crippen LogP contribution in [0, 0.1) is 6.92 Å². The number of rotatable bonds is 7. The zero-order chi connectivity index (χ0) is 24.1. The van der Waals surface area contributed by atoms with Gasteiger partial charge >= 0.3 is 6.03 Å². The number of carbonyl (C=O) groups is 1. The van der Waals surface area contributed by atoms with E-state index in [9.17, 15) is 4.79 Å². The van der Waals surface area contributed by atoms with Crippen LogP contribution >= 0.6 is 0 Å². The zero-order valence-electron chi connectivity index (χ0n) is 20.8. The maximum atomic E-state index is 13.8. The summed E-state index contributed by atoms with van der Waals surface area (Å²) in [5.41, 5.74) is 14.3. The van der Waals surface area contributed by atoms with E-state index in [4.69, 9.17) is 5.73 Å². The Morgan fingerprint density at radius 3 is 2.03 bits per heavy atom. The number of nitrogens with one attached hydrogen (secondary N) is 1. The van der Waals surface area contributed by atoms with Gasteiger partial charge in [-0.05, 0) is 73.1 Å². The number of aryl methyl sites for hydroxylation is 2. The molecule has 33 heavy (non-hydrogen) atoms. The number of nitrogens with zero attached hydrogens (tertiary/aromatic N) is 1. The molecule has 0 aliphatic carbocycles. The summed E-state index contributed by atoms with van der Waals surface area (Å²) in [7, 11) is 0. The molecular weight excluding hydrogens is 406 g/mol. The van der Waals surface area contributed by atoms with Gasteiger partial charge < -0.3 is 11.1 Å². The molecule has 0 spiro atoms. The largest absolute Gasteiger partial charge is 0.398 e. The standard InChI is InChI=1S/C29H37N3O/c1-7-22-15-18-27(30)26(8-2)28(22)31-29(33)32(21(6)24-11-9-20(5)10-12-24)25-16-13-23(14-17-25)19(3)4/h9-19,21H,7-8,30H2,1-6H3,(H,31,33). The molecule has 0 radical (unpaired) electrons. The summed E-state index contributed by atoms with van der Waals surface area (Å²) in [6.07, 6.45) is 1.57. The molecule has 2 amide bonds. The summed E-state index contributed by atoms with van der Waals surface area (Å²) in [5, 5.41) is 3.23. The van der Waals surface area contributed by atoms with Crippen molar-refractivity contribution >= 4 is 23.1 Å². The van der Waals surface area contributed by atoms with Crippen molar-refractivity contribution in [2.45, 2.75) is 66.3 Å². The van der Waals surface area contributed by atoms with E-state index in [1.807, 2.05) is 29.2 Å². The lowest BCUT2D eigenvalue weighted by molar-refractivity contribution is 0.255. The van der Waals surface area contributed by atoms with Crippen LogP contribution in [-0.4, -0.2) is 6.03 Å². The molecule has 0 bridgehead atoms. The molecule has 1 atom stereocenters. The number of hydrogen-bond acceptors (Lipinski definition) is 2. The SMILES string of the molecule is CCc1ccc(N)c(CC)c1NC(=O)N(c1ccc(C(C)C)cc1)C(C)c1ccc(C)cc1. The highest BCUT2D eigenvalue weighted by Crippen LogP contribution is 2.32. The fraction of sp³-hybridized carbons (Fsp3) is 0.345. The van der Waals surface area contributed by atoms with Gasteiger partial charge in [0.1, 0.15) is 0 Å². The molecule has 0 aliphatic rings. The Morgan fingerprint density at radius 1 is 0.879 bits per heavy atom. The molecule has 0 heterocycles. The molecular formula is C29H37N3O. The minimum atomic E-state index is -0.157. The predicted molar refractivity (Wildman–Crippen MR) is 141 cm³/mol. The highest BCUT2D eigenvalue weighted by Gasteiger charge is 2.25. The van der Waals surface area contributed by atoms with Crippen LogP contribution in [0.25, 0.3) is 0 Å². The molecule has 3 aromatic carbocycles. The Bertz CT molecular complexity index is 1090. The van der Waals surface area contributed by atoms with E-state index in [1.54, 1.807) is 0 Å². The average molecular weight is 444 g/mol. The number of nitrogens with two attached hydrogens (primary N) is 1. The molecule has 3 aromatic rings. The van der Waals surface area contributed by atoms with Crippen molar-refractivity contribution in [3.8, 4) is 0 Å². The van der Waals surface area contributed by atoms with Crippen LogP contribution in [-0.2, 0) is 12.8 Å². The van der Waals surface area contributed by atoms with Crippen LogP contribution < -0.4 is 16.0 Å². The van der Waals surface area contributed by atoms with Gasteiger partial charge in [0.15, 0.2) is 0 Å². The van der Waals surface area contributed by atoms with Gasteiger partial charge in [-0.2, -0.15) is 0 Å². The number of benzene rings is 3. The lowest BCUT2D eigenvalue weighted by Crippen LogP contribution is -2.37. The Balaban J connectivity index is 2.05. The van der Waals surface area contributed by atoms with E-state index in [0.717, 1.165) is 40.9 Å². The first-order chi connectivity index (χ1) is 15.8. The molecule has 4 nitrogen and oxygen atoms in total. The normalized spacial score (nSPS) is 12.0. The molecule has 0 aliphatic heterocycles. The van der Waals surface area contributed by atoms with Gasteiger partial charge in [0, 0.05) is 11.4 Å². The molecule has 0 aromatic heterocycles. The van der Waals surface area contributed by atoms with Crippen LogP contribution in [0.2, 0.25) is 0 Å². The minimum Gasteiger partial charge on any atom is -0.398 e. The van der Waals surface area contributed by atoms with Gasteiger partial charge in [0.05, 0.1) is 11.7 Å². The smallest absolute Gasteiger partial charge is 0.326 e. The van der Waals surface area contributed by atoms with E-state index in [0.29, 0.717) is 11.6 Å². The topological polar surface area (TPSA) is 58.4 Å². The Labute approximate surface area is 198 Å². The van der Waals surface area contributed by atoms with Crippen LogP contribution in [0.4, 0.5) is 21.9 Å². The molecule has 174 valence electrons. The summed E-state index contributed by atoms with van der Waals surface area (Å²) in [6, 6.07) is 20.3. The fourth-order valence-electron chi connectivity index (χ4n) is 4.24. The number of amides is 2. The van der Waals surface area contributed by atoms with Crippen LogP contribution in [0.1, 0.15) is 74.4 Å². The average Bonchev–Trinajstić information content (AvgIpc) is 2.80. The van der Waals surface area contributed by atoms with Gasteiger partial charge in [-0.1, -0.05) is 75.7 Å². The lowest BCUT2D eigenvalue weighted by atomic mass is 10.0. The van der Waals surface area contributed by atoms with Crippen molar-refractivity contribution < 1.29 is 4.79 Å². The van der Waals surface area contributed by atoms with Crippen molar-refractivity contribution in [2.24, 2.45) is 0 Å². The van der Waals surface area contributed by atoms with Crippen molar-refractivity contribution in [1.29, 1.82) is 0 Å². The number of urea groups is 1. The lowest BCUT2D eigenvalue weighted by Gasteiger charge is -2.31. The molecule has 3 N–H and O–H groups in total. The quantitative estimate of drug-likeness (QED) is 0.369. The molecule has 1 unspecified atom stereocenters. The second-order valence-corrected chi connectivity index (χ2v) is 9.01. The fourth-order valence-corrected chi connectivity index (χ4v) is 4.24. The van der Waals surface area contributed by atoms with Gasteiger partial charge in [0.25, 0.3) is 0 Å². The van der Waals surface area contributed by atoms with Crippen molar-refractivity contribution in [2.75, 3.05) is 16.0 Å². The first-order valence-electron chi connectivity index (χ1n) is 11.9. The molecule has 4 heteroatoms. The first-order valence-corrected chi connectivity index (χ1v) is 11.9. The maximum Gasteiger partial charge on any atom is 0.326 e. The van der Waals surface area contributed by atoms with E-state index in [1.165, 1.54) is 11.1 Å². The third kappa shape index (κ3) is 5.39. The maximum absolute atomic E-state index is 13.8. The van der Waals surface area contributed by atoms with Gasteiger partial charge in [-0.15, -0.1) is 0 Å². The Morgan fingerprint density at radius 2 is 1.48 bits per heavy atom. The zero-order valence-corrected chi connectivity index (χ0v) is 20.8. The summed E-state index contributed by atoms with van der Waals surface area (Å²) in [6.45, 7) is 12.7. The molecule has 3 rings (SSSR count). The third-order valence-corrected chi connectivity index (χ3v) is 6.41. The second-order valence-electron chi connectivity index (χ2n) is 9.01. The summed E-state index contributed by atoms with van der Waals surface area (Å²) >= 11 is 0. The number of anilines is 3. The van der Waals surface area contributed by atoms with Crippen LogP contribution in [0.3, 0.4) is 0 Å². The second kappa shape index (κ2) is 10.6. The van der Waals surface area contributed by atoms with Gasteiger partial charge in [-0.25, -0.2) is 4.79 Å². The van der Waals surface area contributed by atoms with E-state index >= 15 is 0 Å². The number of nitrogen functional groups attached to an aromatic ring is 1. The van der Waals surface area contributed by atoms with Crippen molar-refractivity contribution in [3.05, 3.63) is 88.5 Å². The van der Waals surface area contributed by atoms with Crippen LogP contribution in [0.5, 0.6) is 0 Å². The van der Waals surface area contributed by atoms with Gasteiger partial charge in [-0.3, -0.25) is 4.90 Å². The first kappa shape index (κ1) is 24.4. The predicted octanol–water partition coefficient (Wildman–Crippen LogP) is 7.63. The van der Waals surface area contributed by atoms with Crippen molar-refractivity contribution in [1.82, 2.24) is 0 Å². The molecule has 0 saturated heterocycles. The highest BCUT2D eigenvalue weighted by atomic mass is 16.2. The Hall–Kier alpha value is -3.27. The van der Waals surface area contributed by atoms with Crippen LogP contribution in [0.15, 0.2) is 60.7 Å². The van der Waals surface area contributed by atoms with Crippen molar-refractivity contribution in [3.63, 3.8) is 0 Å². The summed E-state index contributed by atoms with van der Waals surface area (Å²) in [5.74, 6) is 0.433. The monoisotopic (exact) mass is 443 g/mol. The highest BCUT2D eigenvalue weighted by molar-refractivity contribution is 6.03. The van der Waals surface area contributed by atoms with E-state index in [2.05, 4.69) is 83.3 Å². The van der Waals surface area contributed by atoms with E-state index in [-0.39, 0.29) is 12.1 Å². The summed E-state index contributed by atoms with van der Waals surface area (Å²) in [4.78, 5) is 15.7. The molecule has 0 saturated carbocycles. The third-order valence-electron chi connectivity index (χ3n) is 6.41. The Kier molecular flexibility index (Phi) is 7.80. The summed E-state index contributed by atoms with van der Waals surface area (Å²) < 4.78 is 0. The van der Waals surface area contributed by atoms with Gasteiger partial charge in [0.2, 0.25) is 0 Å². The minimum absolute atomic E-state index is 0.147. The number of hydrogen-bond donors (Lipinski definition) is 2. The molecule has 0 fully saturated rings.